The van der Waals surface area contributed by atoms with Gasteiger partial charge in [-0.3, -0.25) is 4.79 Å². The van der Waals surface area contributed by atoms with Gasteiger partial charge >= 0.3 is 0 Å². The number of carbonyl (C=O) groups excluding carboxylic acids is 1. The summed E-state index contributed by atoms with van der Waals surface area (Å²) in [6, 6.07) is 14.7. The largest absolute Gasteiger partial charge is 0.339 e. The normalized spacial score (nSPS) is 16.8. The van der Waals surface area contributed by atoms with Gasteiger partial charge in [-0.2, -0.15) is 4.31 Å². The van der Waals surface area contributed by atoms with Crippen LogP contribution in [0.2, 0.25) is 0 Å². The van der Waals surface area contributed by atoms with E-state index >= 15 is 0 Å². The molecule has 0 aliphatic carbocycles. The van der Waals surface area contributed by atoms with E-state index in [9.17, 15) is 13.2 Å². The van der Waals surface area contributed by atoms with Crippen molar-refractivity contribution >= 4 is 27.7 Å². The second-order valence-electron chi connectivity index (χ2n) is 7.07. The minimum absolute atomic E-state index is 0.0572. The quantitative estimate of drug-likeness (QED) is 0.699. The summed E-state index contributed by atoms with van der Waals surface area (Å²) >= 11 is 1.56. The molecule has 1 fully saturated rings. The molecule has 5 nitrogen and oxygen atoms in total. The maximum Gasteiger partial charge on any atom is 0.243 e. The van der Waals surface area contributed by atoms with Crippen LogP contribution < -0.4 is 0 Å². The molecule has 0 spiro atoms. The molecule has 0 N–H and O–H groups in total. The number of piperazine rings is 1. The summed E-state index contributed by atoms with van der Waals surface area (Å²) in [6.45, 7) is 7.51. The van der Waals surface area contributed by atoms with Gasteiger partial charge in [0, 0.05) is 31.1 Å². The number of hydrogen-bond acceptors (Lipinski definition) is 4. The highest BCUT2D eigenvalue weighted by molar-refractivity contribution is 8.00. The van der Waals surface area contributed by atoms with E-state index in [-0.39, 0.29) is 11.2 Å². The molecular formula is C21H26N2O3S2. The molecule has 1 heterocycles. The van der Waals surface area contributed by atoms with Crippen molar-refractivity contribution in [3.8, 4) is 0 Å². The zero-order valence-corrected chi connectivity index (χ0v) is 18.1. The van der Waals surface area contributed by atoms with E-state index in [2.05, 4.69) is 32.0 Å². The summed E-state index contributed by atoms with van der Waals surface area (Å²) in [5.74, 6) is 0.0572. The Balaban J connectivity index is 1.60. The third kappa shape index (κ3) is 4.59. The average molecular weight is 419 g/mol. The maximum absolute atomic E-state index is 12.8. The van der Waals surface area contributed by atoms with E-state index in [0.29, 0.717) is 31.1 Å². The first-order valence-corrected chi connectivity index (χ1v) is 11.7. The van der Waals surface area contributed by atoms with Crippen molar-refractivity contribution in [2.75, 3.05) is 26.2 Å². The van der Waals surface area contributed by atoms with Gasteiger partial charge in [0.25, 0.3) is 0 Å². The Morgan fingerprint density at radius 1 is 1.00 bits per heavy atom. The van der Waals surface area contributed by atoms with Crippen LogP contribution in [0.1, 0.15) is 18.1 Å². The van der Waals surface area contributed by atoms with E-state index in [1.54, 1.807) is 47.0 Å². The lowest BCUT2D eigenvalue weighted by molar-refractivity contribution is -0.131. The molecule has 0 aromatic heterocycles. The van der Waals surface area contributed by atoms with Gasteiger partial charge < -0.3 is 4.90 Å². The molecule has 1 amide bonds. The van der Waals surface area contributed by atoms with Crippen molar-refractivity contribution in [1.82, 2.24) is 9.21 Å². The van der Waals surface area contributed by atoms with Gasteiger partial charge in [0.15, 0.2) is 0 Å². The van der Waals surface area contributed by atoms with Crippen LogP contribution in [-0.2, 0) is 14.8 Å². The number of rotatable bonds is 5. The molecular weight excluding hydrogens is 392 g/mol. The first-order chi connectivity index (χ1) is 13.3. The topological polar surface area (TPSA) is 57.7 Å². The van der Waals surface area contributed by atoms with E-state index in [0.717, 1.165) is 4.90 Å². The fourth-order valence-electron chi connectivity index (χ4n) is 3.32. The van der Waals surface area contributed by atoms with E-state index in [1.807, 2.05) is 6.92 Å². The standard InChI is InChI=1S/C21H26N2O3S2/c1-16-9-10-20(17(2)15-16)27-18(3)21(24)22-11-13-23(14-12-22)28(25,26)19-7-5-4-6-8-19/h4-10,15,18H,11-14H2,1-3H3/t18-/m0/s1. The molecule has 150 valence electrons. The molecule has 1 aliphatic rings. The Hall–Kier alpha value is -1.83. The zero-order chi connectivity index (χ0) is 20.3. The lowest BCUT2D eigenvalue weighted by Gasteiger charge is -2.35. The van der Waals surface area contributed by atoms with E-state index in [1.165, 1.54) is 15.4 Å². The second-order valence-corrected chi connectivity index (χ2v) is 10.4. The lowest BCUT2D eigenvalue weighted by atomic mass is 10.2. The Morgan fingerprint density at radius 3 is 2.25 bits per heavy atom. The van der Waals surface area contributed by atoms with Gasteiger partial charge in [-0.1, -0.05) is 35.9 Å². The van der Waals surface area contributed by atoms with E-state index in [4.69, 9.17) is 0 Å². The van der Waals surface area contributed by atoms with Crippen LogP contribution >= 0.6 is 11.8 Å². The van der Waals surface area contributed by atoms with Gasteiger partial charge in [0.05, 0.1) is 10.1 Å². The Bertz CT molecular complexity index is 937. The zero-order valence-electron chi connectivity index (χ0n) is 16.5. The SMILES string of the molecule is Cc1ccc(S[C@@H](C)C(=O)N2CCN(S(=O)(=O)c3ccccc3)CC2)c(C)c1. The molecule has 3 rings (SSSR count). The monoisotopic (exact) mass is 418 g/mol. The minimum atomic E-state index is -3.50. The molecule has 0 bridgehead atoms. The molecule has 7 heteroatoms. The van der Waals surface area contributed by atoms with Crippen LogP contribution in [0.4, 0.5) is 0 Å². The number of carbonyl (C=O) groups is 1. The van der Waals surface area contributed by atoms with Crippen LogP contribution in [0.5, 0.6) is 0 Å². The second kappa shape index (κ2) is 8.68. The summed E-state index contributed by atoms with van der Waals surface area (Å²) in [7, 11) is -3.50. The molecule has 1 atom stereocenters. The smallest absolute Gasteiger partial charge is 0.243 e. The van der Waals surface area contributed by atoms with Gasteiger partial charge in [0.1, 0.15) is 0 Å². The fourth-order valence-corrected chi connectivity index (χ4v) is 5.79. The van der Waals surface area contributed by atoms with Gasteiger partial charge in [0.2, 0.25) is 15.9 Å². The highest BCUT2D eigenvalue weighted by atomic mass is 32.2. The number of benzene rings is 2. The number of thioether (sulfide) groups is 1. The van der Waals surface area contributed by atoms with Crippen LogP contribution in [-0.4, -0.2) is 55.0 Å². The maximum atomic E-state index is 12.8. The highest BCUT2D eigenvalue weighted by Gasteiger charge is 2.31. The highest BCUT2D eigenvalue weighted by Crippen LogP contribution is 2.28. The molecule has 0 radical (unpaired) electrons. The van der Waals surface area contributed by atoms with Crippen LogP contribution in [0.3, 0.4) is 0 Å². The summed E-state index contributed by atoms with van der Waals surface area (Å²) in [4.78, 5) is 16.0. The third-order valence-corrected chi connectivity index (χ3v) is 8.09. The van der Waals surface area contributed by atoms with Crippen molar-refractivity contribution < 1.29 is 13.2 Å². The predicted molar refractivity (Wildman–Crippen MR) is 113 cm³/mol. The fraction of sp³-hybridized carbons (Fsp3) is 0.381. The Morgan fingerprint density at radius 2 is 1.64 bits per heavy atom. The summed E-state index contributed by atoms with van der Waals surface area (Å²) in [6.07, 6.45) is 0. The van der Waals surface area contributed by atoms with Crippen molar-refractivity contribution in [2.45, 2.75) is 35.8 Å². The average Bonchev–Trinajstić information content (AvgIpc) is 2.70. The van der Waals surface area contributed by atoms with Gasteiger partial charge in [-0.15, -0.1) is 11.8 Å². The predicted octanol–water partition coefficient (Wildman–Crippen LogP) is 3.32. The van der Waals surface area contributed by atoms with Crippen LogP contribution in [0, 0.1) is 13.8 Å². The van der Waals surface area contributed by atoms with Crippen LogP contribution in [0.15, 0.2) is 58.3 Å². The number of amides is 1. The lowest BCUT2D eigenvalue weighted by Crippen LogP contribution is -2.52. The molecule has 1 aliphatic heterocycles. The minimum Gasteiger partial charge on any atom is -0.339 e. The molecule has 0 saturated carbocycles. The molecule has 2 aromatic carbocycles. The number of nitrogens with zero attached hydrogens (tertiary/aromatic N) is 2. The summed E-state index contributed by atoms with van der Waals surface area (Å²) in [5, 5.41) is -0.210. The number of hydrogen-bond donors (Lipinski definition) is 0. The van der Waals surface area contributed by atoms with Gasteiger partial charge in [-0.05, 0) is 44.5 Å². The number of aryl methyl sites for hydroxylation is 2. The Labute approximate surface area is 171 Å². The molecule has 2 aromatic rings. The Kier molecular flexibility index (Phi) is 6.47. The van der Waals surface area contributed by atoms with Crippen molar-refractivity contribution in [2.24, 2.45) is 0 Å². The van der Waals surface area contributed by atoms with Crippen molar-refractivity contribution in [1.29, 1.82) is 0 Å². The summed E-state index contributed by atoms with van der Waals surface area (Å²) < 4.78 is 26.9. The number of sulfonamides is 1. The van der Waals surface area contributed by atoms with Crippen molar-refractivity contribution in [3.05, 3.63) is 59.7 Å². The van der Waals surface area contributed by atoms with Crippen LogP contribution in [0.25, 0.3) is 0 Å². The molecule has 28 heavy (non-hydrogen) atoms. The third-order valence-electron chi connectivity index (χ3n) is 4.91. The van der Waals surface area contributed by atoms with Gasteiger partial charge in [-0.25, -0.2) is 8.42 Å². The van der Waals surface area contributed by atoms with E-state index < -0.39 is 10.0 Å². The first kappa shape index (κ1) is 20.9. The van der Waals surface area contributed by atoms with Crippen molar-refractivity contribution in [3.63, 3.8) is 0 Å². The molecule has 0 unspecified atom stereocenters. The first-order valence-electron chi connectivity index (χ1n) is 9.37. The molecule has 1 saturated heterocycles. The summed E-state index contributed by atoms with van der Waals surface area (Å²) in [5.41, 5.74) is 2.38.